The zero-order valence-electron chi connectivity index (χ0n) is 11.8. The lowest BCUT2D eigenvalue weighted by Crippen LogP contribution is -2.52. The van der Waals surface area contributed by atoms with Crippen molar-refractivity contribution >= 4 is 33.2 Å². The van der Waals surface area contributed by atoms with Crippen LogP contribution >= 0.6 is 27.3 Å². The molecule has 0 aliphatic heterocycles. The van der Waals surface area contributed by atoms with Crippen LogP contribution in [0.3, 0.4) is 0 Å². The monoisotopic (exact) mass is 355 g/mol. The number of thiophene rings is 1. The number of hydrogen-bond donors (Lipinski definition) is 1. The second-order valence-corrected chi connectivity index (χ2v) is 7.77. The molecule has 1 aromatic rings. The Hall–Kier alpha value is -0.350. The quantitative estimate of drug-likeness (QED) is 0.800. The second-order valence-electron chi connectivity index (χ2n) is 6.21. The molecule has 1 N–H and O–H groups in total. The Kier molecular flexibility index (Phi) is 4.51. The predicted octanol–water partition coefficient (Wildman–Crippen LogP) is 4.38. The van der Waals surface area contributed by atoms with Gasteiger partial charge in [0.05, 0.1) is 5.92 Å². The Labute approximate surface area is 133 Å². The molecule has 3 rings (SSSR count). The molecule has 1 atom stereocenters. The van der Waals surface area contributed by atoms with Crippen LogP contribution in [0, 0.1) is 0 Å². The number of alkyl halides is 1. The van der Waals surface area contributed by atoms with Crippen molar-refractivity contribution in [2.75, 3.05) is 5.33 Å². The molecule has 4 heteroatoms. The molecule has 0 spiro atoms. The van der Waals surface area contributed by atoms with Crippen molar-refractivity contribution in [2.24, 2.45) is 0 Å². The van der Waals surface area contributed by atoms with Crippen molar-refractivity contribution in [2.45, 2.75) is 62.8 Å². The number of carbonyl (C=O) groups is 1. The van der Waals surface area contributed by atoms with E-state index in [1.165, 1.54) is 29.7 Å². The van der Waals surface area contributed by atoms with Crippen LogP contribution in [0.2, 0.25) is 0 Å². The lowest BCUT2D eigenvalue weighted by molar-refractivity contribution is -0.125. The van der Waals surface area contributed by atoms with Gasteiger partial charge in [0, 0.05) is 15.7 Å². The van der Waals surface area contributed by atoms with Crippen LogP contribution in [0.1, 0.15) is 61.3 Å². The number of nitrogens with one attached hydrogen (secondary N) is 1. The molecule has 2 nitrogen and oxygen atoms in total. The average Bonchev–Trinajstić information content (AvgIpc) is 2.96. The minimum absolute atomic E-state index is 0.00294. The third kappa shape index (κ3) is 2.82. The maximum Gasteiger partial charge on any atom is 0.228 e. The van der Waals surface area contributed by atoms with Crippen LogP contribution in [-0.4, -0.2) is 16.8 Å². The van der Waals surface area contributed by atoms with Gasteiger partial charge in [-0.3, -0.25) is 4.79 Å². The van der Waals surface area contributed by atoms with Crippen LogP contribution in [0.4, 0.5) is 0 Å². The molecule has 1 aromatic heterocycles. The summed E-state index contributed by atoms with van der Waals surface area (Å²) in [6.45, 7) is 0. The first-order valence-electron chi connectivity index (χ1n) is 7.68. The largest absolute Gasteiger partial charge is 0.349 e. The molecule has 0 radical (unpaired) electrons. The molecule has 20 heavy (non-hydrogen) atoms. The molecule has 2 aliphatic rings. The van der Waals surface area contributed by atoms with E-state index in [0.717, 1.165) is 37.4 Å². The Morgan fingerprint density at radius 3 is 2.90 bits per heavy atom. The molecule has 1 fully saturated rings. The summed E-state index contributed by atoms with van der Waals surface area (Å²) in [5.74, 6) is 0.341. The van der Waals surface area contributed by atoms with Crippen molar-refractivity contribution in [3.05, 3.63) is 21.9 Å². The summed E-state index contributed by atoms with van der Waals surface area (Å²) in [5, 5.41) is 6.42. The average molecular weight is 356 g/mol. The Bertz CT molecular complexity index is 479. The van der Waals surface area contributed by atoms with Crippen LogP contribution in [0.25, 0.3) is 0 Å². The lowest BCUT2D eigenvalue weighted by Gasteiger charge is -2.38. The standard InChI is InChI=1S/C16H22BrNOS/c17-11-16(8-2-1-3-9-16)18-15(19)13-5-4-6-14-12(13)7-10-20-14/h7,10,13H,1-6,8-9,11H2,(H,18,19). The second kappa shape index (κ2) is 6.18. The van der Waals surface area contributed by atoms with Crippen LogP contribution in [0.5, 0.6) is 0 Å². The van der Waals surface area contributed by atoms with Gasteiger partial charge in [0.1, 0.15) is 0 Å². The van der Waals surface area contributed by atoms with Gasteiger partial charge in [0.15, 0.2) is 0 Å². The minimum Gasteiger partial charge on any atom is -0.349 e. The van der Waals surface area contributed by atoms with Gasteiger partial charge in [-0.2, -0.15) is 0 Å². The SMILES string of the molecule is O=C(NC1(CBr)CCCCC1)C1CCCc2sccc21. The van der Waals surface area contributed by atoms with Gasteiger partial charge >= 0.3 is 0 Å². The highest BCUT2D eigenvalue weighted by Gasteiger charge is 2.36. The molecular formula is C16H22BrNOS. The first-order chi connectivity index (χ1) is 9.74. The van der Waals surface area contributed by atoms with Gasteiger partial charge in [-0.15, -0.1) is 11.3 Å². The number of amides is 1. The van der Waals surface area contributed by atoms with Crippen LogP contribution in [-0.2, 0) is 11.2 Å². The number of fused-ring (bicyclic) bond motifs is 1. The number of halogens is 1. The zero-order valence-corrected chi connectivity index (χ0v) is 14.2. The van der Waals surface area contributed by atoms with E-state index in [0.29, 0.717) is 0 Å². The van der Waals surface area contributed by atoms with E-state index < -0.39 is 0 Å². The molecular weight excluding hydrogens is 334 g/mol. The summed E-state index contributed by atoms with van der Waals surface area (Å²) in [4.78, 5) is 14.2. The highest BCUT2D eigenvalue weighted by Crippen LogP contribution is 2.37. The molecule has 1 amide bonds. The lowest BCUT2D eigenvalue weighted by atomic mass is 9.81. The Morgan fingerprint density at radius 2 is 2.15 bits per heavy atom. The maximum atomic E-state index is 12.8. The Balaban J connectivity index is 1.74. The molecule has 0 aromatic carbocycles. The molecule has 0 saturated heterocycles. The summed E-state index contributed by atoms with van der Waals surface area (Å²) >= 11 is 5.44. The van der Waals surface area contributed by atoms with Crippen molar-refractivity contribution in [1.29, 1.82) is 0 Å². The first-order valence-corrected chi connectivity index (χ1v) is 9.68. The van der Waals surface area contributed by atoms with Gasteiger partial charge in [-0.25, -0.2) is 0 Å². The highest BCUT2D eigenvalue weighted by atomic mass is 79.9. The molecule has 0 bridgehead atoms. The normalized spacial score (nSPS) is 24.9. The zero-order chi connectivity index (χ0) is 14.0. The van der Waals surface area contributed by atoms with Gasteiger partial charge in [-0.1, -0.05) is 35.2 Å². The van der Waals surface area contributed by atoms with Crippen molar-refractivity contribution in [1.82, 2.24) is 5.32 Å². The van der Waals surface area contributed by atoms with E-state index in [2.05, 4.69) is 32.7 Å². The fourth-order valence-electron chi connectivity index (χ4n) is 3.63. The highest BCUT2D eigenvalue weighted by molar-refractivity contribution is 9.09. The van der Waals surface area contributed by atoms with Gasteiger partial charge < -0.3 is 5.32 Å². The number of aryl methyl sites for hydroxylation is 1. The topological polar surface area (TPSA) is 29.1 Å². The van der Waals surface area contributed by atoms with E-state index in [-0.39, 0.29) is 17.4 Å². The summed E-state index contributed by atoms with van der Waals surface area (Å²) < 4.78 is 0. The molecule has 2 aliphatic carbocycles. The summed E-state index contributed by atoms with van der Waals surface area (Å²) in [5.41, 5.74) is 1.29. The smallest absolute Gasteiger partial charge is 0.228 e. The predicted molar refractivity (Wildman–Crippen MR) is 87.8 cm³/mol. The van der Waals surface area contributed by atoms with E-state index in [1.54, 1.807) is 0 Å². The van der Waals surface area contributed by atoms with E-state index in [1.807, 2.05) is 11.3 Å². The van der Waals surface area contributed by atoms with E-state index in [9.17, 15) is 4.79 Å². The van der Waals surface area contributed by atoms with Gasteiger partial charge in [-0.05, 0) is 49.1 Å². The maximum absolute atomic E-state index is 12.8. The number of hydrogen-bond acceptors (Lipinski definition) is 2. The van der Waals surface area contributed by atoms with Crippen molar-refractivity contribution in [3.8, 4) is 0 Å². The summed E-state index contributed by atoms with van der Waals surface area (Å²) in [6.07, 6.45) is 9.32. The van der Waals surface area contributed by atoms with Crippen LogP contribution in [0.15, 0.2) is 11.4 Å². The Morgan fingerprint density at radius 1 is 1.35 bits per heavy atom. The molecule has 1 heterocycles. The first kappa shape index (κ1) is 14.6. The van der Waals surface area contributed by atoms with Crippen molar-refractivity contribution < 1.29 is 4.79 Å². The van der Waals surface area contributed by atoms with E-state index in [4.69, 9.17) is 0 Å². The fraction of sp³-hybridized carbons (Fsp3) is 0.688. The molecule has 110 valence electrons. The van der Waals surface area contributed by atoms with E-state index >= 15 is 0 Å². The molecule has 1 saturated carbocycles. The van der Waals surface area contributed by atoms with Crippen molar-refractivity contribution in [3.63, 3.8) is 0 Å². The van der Waals surface area contributed by atoms with Gasteiger partial charge in [0.2, 0.25) is 5.91 Å². The van der Waals surface area contributed by atoms with Gasteiger partial charge in [0.25, 0.3) is 0 Å². The number of rotatable bonds is 3. The summed E-state index contributed by atoms with van der Waals surface area (Å²) in [6, 6.07) is 2.16. The molecule has 1 unspecified atom stereocenters. The minimum atomic E-state index is 0.00294. The summed E-state index contributed by atoms with van der Waals surface area (Å²) in [7, 11) is 0. The third-order valence-corrected chi connectivity index (χ3v) is 6.89. The third-order valence-electron chi connectivity index (χ3n) is 4.82. The number of carbonyl (C=O) groups excluding carboxylic acids is 1. The van der Waals surface area contributed by atoms with Crippen LogP contribution < -0.4 is 5.32 Å². The fourth-order valence-corrected chi connectivity index (χ4v) is 5.32.